The van der Waals surface area contributed by atoms with Crippen LogP contribution >= 0.6 is 35.3 Å². The van der Waals surface area contributed by atoms with E-state index >= 15 is 0 Å². The molecule has 0 spiro atoms. The molecule has 1 heterocycles. The summed E-state index contributed by atoms with van der Waals surface area (Å²) < 4.78 is 5.25. The van der Waals surface area contributed by atoms with Crippen LogP contribution in [-0.4, -0.2) is 31.2 Å². The van der Waals surface area contributed by atoms with E-state index in [9.17, 15) is 4.79 Å². The van der Waals surface area contributed by atoms with Crippen LogP contribution in [0, 0.1) is 6.92 Å². The van der Waals surface area contributed by atoms with E-state index in [4.69, 9.17) is 4.74 Å². The van der Waals surface area contributed by atoms with Crippen molar-refractivity contribution in [3.63, 3.8) is 0 Å². The minimum atomic E-state index is -0.509. The van der Waals surface area contributed by atoms with Gasteiger partial charge in [0.2, 0.25) is 0 Å². The summed E-state index contributed by atoms with van der Waals surface area (Å²) in [6.45, 7) is 9.16. The van der Waals surface area contributed by atoms with Gasteiger partial charge in [-0.1, -0.05) is 12.1 Å². The minimum Gasteiger partial charge on any atom is -0.444 e. The largest absolute Gasteiger partial charge is 0.444 e. The maximum Gasteiger partial charge on any atom is 0.412 e. The summed E-state index contributed by atoms with van der Waals surface area (Å²) in [4.78, 5) is 18.6. The predicted octanol–water partition coefficient (Wildman–Crippen LogP) is 4.93. The molecule has 6 nitrogen and oxygen atoms in total. The number of nitrogens with zero attached hydrogens (tertiary/aromatic N) is 1. The first kappa shape index (κ1) is 25.2. The maximum atomic E-state index is 11.8. The van der Waals surface area contributed by atoms with Gasteiger partial charge >= 0.3 is 6.09 Å². The topological polar surface area (TPSA) is 74.8 Å². The molecule has 0 aliphatic rings. The van der Waals surface area contributed by atoms with E-state index in [1.54, 1.807) is 18.4 Å². The number of nitrogens with one attached hydrogen (secondary N) is 3. The average Bonchev–Trinajstić information content (AvgIpc) is 3.03. The Morgan fingerprint density at radius 2 is 1.79 bits per heavy atom. The molecular weight excluding hydrogens is 499 g/mol. The molecule has 0 bridgehead atoms. The molecule has 0 aliphatic carbocycles. The third kappa shape index (κ3) is 9.98. The highest BCUT2D eigenvalue weighted by atomic mass is 127. The Balaban J connectivity index is 0.00000420. The minimum absolute atomic E-state index is 0. The lowest BCUT2D eigenvalue weighted by Gasteiger charge is -2.19. The molecular formula is C21H31IN4O2S. The van der Waals surface area contributed by atoms with E-state index in [1.807, 2.05) is 45.0 Å². The molecule has 8 heteroatoms. The lowest BCUT2D eigenvalue weighted by molar-refractivity contribution is 0.0636. The van der Waals surface area contributed by atoms with Crippen LogP contribution in [0.4, 0.5) is 10.5 Å². The average molecular weight is 530 g/mol. The van der Waals surface area contributed by atoms with Gasteiger partial charge in [-0.05, 0) is 63.9 Å². The molecule has 29 heavy (non-hydrogen) atoms. The number of anilines is 1. The normalized spacial score (nSPS) is 11.4. The Kier molecular flexibility index (Phi) is 10.5. The Morgan fingerprint density at radius 1 is 1.10 bits per heavy atom. The number of carbonyl (C=O) groups is 1. The summed E-state index contributed by atoms with van der Waals surface area (Å²) in [7, 11) is 1.77. The van der Waals surface area contributed by atoms with Gasteiger partial charge in [0.05, 0.1) is 6.54 Å². The number of aryl methyl sites for hydroxylation is 1. The van der Waals surface area contributed by atoms with Crippen LogP contribution in [0.3, 0.4) is 0 Å². The Labute approximate surface area is 194 Å². The number of halogens is 1. The Hall–Kier alpha value is -1.81. The second-order valence-corrected chi connectivity index (χ2v) is 8.81. The molecule has 2 aromatic rings. The molecule has 160 valence electrons. The van der Waals surface area contributed by atoms with Crippen LogP contribution in [0.1, 0.15) is 36.1 Å². The van der Waals surface area contributed by atoms with E-state index < -0.39 is 11.7 Å². The van der Waals surface area contributed by atoms with E-state index in [2.05, 4.69) is 40.0 Å². The number of carbonyl (C=O) groups excluding carboxylic acids is 1. The van der Waals surface area contributed by atoms with Crippen molar-refractivity contribution in [2.75, 3.05) is 18.9 Å². The van der Waals surface area contributed by atoms with Crippen molar-refractivity contribution in [2.45, 2.75) is 46.3 Å². The lowest BCUT2D eigenvalue weighted by Crippen LogP contribution is -2.37. The van der Waals surface area contributed by atoms with Crippen molar-refractivity contribution in [1.29, 1.82) is 0 Å². The SMILES string of the molecule is CN=C(NCCc1ccc(NC(=O)OC(C)(C)C)cc1)NCc1ccc(C)s1.I. The zero-order valence-corrected chi connectivity index (χ0v) is 20.8. The van der Waals surface area contributed by atoms with E-state index in [0.29, 0.717) is 0 Å². The lowest BCUT2D eigenvalue weighted by atomic mass is 10.1. The number of rotatable bonds is 6. The number of aliphatic imine (C=N–C) groups is 1. The number of hydrogen-bond acceptors (Lipinski definition) is 4. The van der Waals surface area contributed by atoms with Crippen LogP contribution < -0.4 is 16.0 Å². The zero-order valence-electron chi connectivity index (χ0n) is 17.7. The fourth-order valence-electron chi connectivity index (χ4n) is 2.47. The quantitative estimate of drug-likeness (QED) is 0.281. The molecule has 0 aliphatic heterocycles. The van der Waals surface area contributed by atoms with E-state index in [-0.39, 0.29) is 24.0 Å². The predicted molar refractivity (Wildman–Crippen MR) is 133 cm³/mol. The molecule has 1 aromatic carbocycles. The highest BCUT2D eigenvalue weighted by Gasteiger charge is 2.16. The van der Waals surface area contributed by atoms with E-state index in [0.717, 1.165) is 31.2 Å². The van der Waals surface area contributed by atoms with Crippen LogP contribution in [0.25, 0.3) is 0 Å². The van der Waals surface area contributed by atoms with Gasteiger partial charge in [-0.25, -0.2) is 4.79 Å². The number of amides is 1. The molecule has 0 saturated heterocycles. The molecule has 1 aromatic heterocycles. The van der Waals surface area contributed by atoms with Crippen molar-refractivity contribution in [3.8, 4) is 0 Å². The van der Waals surface area contributed by atoms with Gasteiger partial charge in [-0.3, -0.25) is 10.3 Å². The summed E-state index contributed by atoms with van der Waals surface area (Å²) in [5.74, 6) is 0.786. The maximum absolute atomic E-state index is 11.8. The molecule has 0 saturated carbocycles. The second kappa shape index (κ2) is 12.0. The van der Waals surface area contributed by atoms with Gasteiger partial charge in [-0.2, -0.15) is 0 Å². The highest BCUT2D eigenvalue weighted by Crippen LogP contribution is 2.15. The standard InChI is InChI=1S/C21H30N4O2S.HI/c1-15-6-11-18(28-15)14-24-19(22-5)23-13-12-16-7-9-17(10-8-16)25-20(26)27-21(2,3)4;/h6-11H,12-14H2,1-5H3,(H,25,26)(H2,22,23,24);1H. The molecule has 0 atom stereocenters. The summed E-state index contributed by atoms with van der Waals surface area (Å²) in [5, 5.41) is 9.38. The van der Waals surface area contributed by atoms with E-state index in [1.165, 1.54) is 15.3 Å². The summed E-state index contributed by atoms with van der Waals surface area (Å²) in [5.41, 5.74) is 1.38. The molecule has 0 radical (unpaired) electrons. The van der Waals surface area contributed by atoms with Crippen LogP contribution in [0.2, 0.25) is 0 Å². The summed E-state index contributed by atoms with van der Waals surface area (Å²) in [6.07, 6.45) is 0.406. The smallest absolute Gasteiger partial charge is 0.412 e. The fraction of sp³-hybridized carbons (Fsp3) is 0.429. The van der Waals surface area contributed by atoms with Gasteiger partial charge < -0.3 is 15.4 Å². The third-order valence-electron chi connectivity index (χ3n) is 3.76. The summed E-state index contributed by atoms with van der Waals surface area (Å²) in [6, 6.07) is 12.0. The summed E-state index contributed by atoms with van der Waals surface area (Å²) >= 11 is 1.79. The first-order chi connectivity index (χ1) is 13.2. The van der Waals surface area contributed by atoms with Crippen LogP contribution in [0.15, 0.2) is 41.4 Å². The number of thiophene rings is 1. The van der Waals surface area contributed by atoms with Gasteiger partial charge in [0.25, 0.3) is 0 Å². The number of guanidine groups is 1. The second-order valence-electron chi connectivity index (χ2n) is 7.44. The molecule has 2 rings (SSSR count). The van der Waals surface area contributed by atoms with Crippen LogP contribution in [-0.2, 0) is 17.7 Å². The molecule has 3 N–H and O–H groups in total. The number of benzene rings is 1. The number of hydrogen-bond donors (Lipinski definition) is 3. The fourth-order valence-corrected chi connectivity index (χ4v) is 3.30. The van der Waals surface area contributed by atoms with Gasteiger partial charge in [0, 0.05) is 29.0 Å². The van der Waals surface area contributed by atoms with Gasteiger partial charge in [-0.15, -0.1) is 35.3 Å². The first-order valence-electron chi connectivity index (χ1n) is 9.34. The molecule has 0 unspecified atom stereocenters. The van der Waals surface area contributed by atoms with Gasteiger partial charge in [0.1, 0.15) is 5.60 Å². The highest BCUT2D eigenvalue weighted by molar-refractivity contribution is 14.0. The van der Waals surface area contributed by atoms with Gasteiger partial charge in [0.15, 0.2) is 5.96 Å². The zero-order chi connectivity index (χ0) is 20.6. The molecule has 0 fully saturated rings. The van der Waals surface area contributed by atoms with Crippen molar-refractivity contribution in [1.82, 2.24) is 10.6 Å². The Morgan fingerprint density at radius 3 is 2.34 bits per heavy atom. The first-order valence-corrected chi connectivity index (χ1v) is 10.2. The number of ether oxygens (including phenoxy) is 1. The van der Waals surface area contributed by atoms with Crippen molar-refractivity contribution in [3.05, 3.63) is 51.7 Å². The van der Waals surface area contributed by atoms with Crippen molar-refractivity contribution < 1.29 is 9.53 Å². The monoisotopic (exact) mass is 530 g/mol. The Bertz CT molecular complexity index is 798. The van der Waals surface area contributed by atoms with Crippen molar-refractivity contribution in [2.24, 2.45) is 4.99 Å². The molecule has 1 amide bonds. The third-order valence-corrected chi connectivity index (χ3v) is 4.76. The van der Waals surface area contributed by atoms with Crippen molar-refractivity contribution >= 4 is 53.1 Å². The van der Waals surface area contributed by atoms with Crippen LogP contribution in [0.5, 0.6) is 0 Å².